The van der Waals surface area contributed by atoms with Gasteiger partial charge in [-0.1, -0.05) is 26.0 Å². The van der Waals surface area contributed by atoms with Gasteiger partial charge in [-0.2, -0.15) is 4.98 Å². The molecule has 6 heteroatoms. The van der Waals surface area contributed by atoms with E-state index in [1.165, 1.54) is 0 Å². The van der Waals surface area contributed by atoms with Crippen molar-refractivity contribution in [2.45, 2.75) is 13.8 Å². The van der Waals surface area contributed by atoms with Crippen molar-refractivity contribution in [2.24, 2.45) is 5.92 Å². The van der Waals surface area contributed by atoms with Crippen LogP contribution in [0.5, 0.6) is 5.75 Å². The van der Waals surface area contributed by atoms with Crippen LogP contribution in [0.2, 0.25) is 0 Å². The molecule has 6 nitrogen and oxygen atoms in total. The van der Waals surface area contributed by atoms with E-state index >= 15 is 0 Å². The second-order valence-electron chi connectivity index (χ2n) is 6.66. The molecule has 1 aliphatic heterocycles. The number of benzene rings is 1. The summed E-state index contributed by atoms with van der Waals surface area (Å²) in [5.41, 5.74) is 1.15. The van der Waals surface area contributed by atoms with E-state index in [9.17, 15) is 0 Å². The number of para-hydroxylation sites is 2. The summed E-state index contributed by atoms with van der Waals surface area (Å²) in [6, 6.07) is 10.1. The highest BCUT2D eigenvalue weighted by molar-refractivity contribution is 5.59. The first kappa shape index (κ1) is 17.3. The lowest BCUT2D eigenvalue weighted by Crippen LogP contribution is -2.47. The lowest BCUT2D eigenvalue weighted by atomic mass is 10.2. The molecule has 1 fully saturated rings. The van der Waals surface area contributed by atoms with Crippen LogP contribution < -0.4 is 19.9 Å². The molecule has 0 aliphatic carbocycles. The van der Waals surface area contributed by atoms with Crippen LogP contribution in [0.15, 0.2) is 36.5 Å². The zero-order chi connectivity index (χ0) is 17.6. The normalized spacial score (nSPS) is 14.7. The highest BCUT2D eigenvalue weighted by atomic mass is 16.5. The molecule has 25 heavy (non-hydrogen) atoms. The number of rotatable bonds is 6. The van der Waals surface area contributed by atoms with Crippen molar-refractivity contribution in [3.63, 3.8) is 0 Å². The third-order valence-electron chi connectivity index (χ3n) is 4.32. The van der Waals surface area contributed by atoms with Crippen molar-refractivity contribution in [1.29, 1.82) is 0 Å². The number of hydrogen-bond acceptors (Lipinski definition) is 6. The Labute approximate surface area is 149 Å². The minimum absolute atomic E-state index is 0.586. The second-order valence-corrected chi connectivity index (χ2v) is 6.66. The van der Waals surface area contributed by atoms with Gasteiger partial charge in [-0.25, -0.2) is 4.98 Å². The van der Waals surface area contributed by atoms with E-state index in [-0.39, 0.29) is 0 Å². The zero-order valence-corrected chi connectivity index (χ0v) is 15.3. The maximum atomic E-state index is 5.48. The molecular formula is C19H27N5O. The Bertz CT molecular complexity index is 683. The fraction of sp³-hybridized carbons (Fsp3) is 0.474. The number of piperazine rings is 1. The molecule has 0 saturated carbocycles. The van der Waals surface area contributed by atoms with Crippen LogP contribution in [0.4, 0.5) is 17.5 Å². The third kappa shape index (κ3) is 4.32. The summed E-state index contributed by atoms with van der Waals surface area (Å²) in [6.45, 7) is 8.93. The lowest BCUT2D eigenvalue weighted by Gasteiger charge is -2.36. The fourth-order valence-corrected chi connectivity index (χ4v) is 2.95. The Morgan fingerprint density at radius 1 is 1.08 bits per heavy atom. The Kier molecular flexibility index (Phi) is 5.58. The van der Waals surface area contributed by atoms with Gasteiger partial charge in [0, 0.05) is 38.9 Å². The van der Waals surface area contributed by atoms with Crippen molar-refractivity contribution in [3.8, 4) is 5.75 Å². The van der Waals surface area contributed by atoms with Gasteiger partial charge in [0.15, 0.2) is 0 Å². The molecule has 3 rings (SSSR count). The number of anilines is 3. The standard InChI is InChI=1S/C19H27N5O/c1-15(2)14-21-18-8-9-20-19(22-18)24-12-10-23(11-13-24)16-6-4-5-7-17(16)25-3/h4-9,15H,10-14H2,1-3H3,(H,20,21,22). The molecule has 0 bridgehead atoms. The molecule has 0 spiro atoms. The first-order valence-electron chi connectivity index (χ1n) is 8.87. The predicted octanol–water partition coefficient (Wildman–Crippen LogP) is 2.88. The summed E-state index contributed by atoms with van der Waals surface area (Å²) >= 11 is 0. The minimum Gasteiger partial charge on any atom is -0.495 e. The fourth-order valence-electron chi connectivity index (χ4n) is 2.95. The van der Waals surface area contributed by atoms with Gasteiger partial charge in [0.05, 0.1) is 12.8 Å². The van der Waals surface area contributed by atoms with Crippen molar-refractivity contribution in [2.75, 3.05) is 55.0 Å². The Hall–Kier alpha value is -2.50. The summed E-state index contributed by atoms with van der Waals surface area (Å²) in [4.78, 5) is 13.7. The summed E-state index contributed by atoms with van der Waals surface area (Å²) in [6.07, 6.45) is 1.83. The molecule has 0 atom stereocenters. The van der Waals surface area contributed by atoms with E-state index in [0.29, 0.717) is 5.92 Å². The quantitative estimate of drug-likeness (QED) is 0.872. The van der Waals surface area contributed by atoms with Crippen LogP contribution in [0.3, 0.4) is 0 Å². The average Bonchev–Trinajstić information content (AvgIpc) is 2.66. The molecule has 0 radical (unpaired) electrons. The third-order valence-corrected chi connectivity index (χ3v) is 4.32. The average molecular weight is 341 g/mol. The number of ether oxygens (including phenoxy) is 1. The summed E-state index contributed by atoms with van der Waals surface area (Å²) < 4.78 is 5.48. The minimum atomic E-state index is 0.586. The molecule has 1 aromatic carbocycles. The molecule has 1 saturated heterocycles. The van der Waals surface area contributed by atoms with Gasteiger partial charge in [0.1, 0.15) is 11.6 Å². The number of nitrogens with zero attached hydrogens (tertiary/aromatic N) is 4. The Balaban J connectivity index is 1.63. The SMILES string of the molecule is COc1ccccc1N1CCN(c2nccc(NCC(C)C)n2)CC1. The van der Waals surface area contributed by atoms with Crippen LogP contribution in [0.1, 0.15) is 13.8 Å². The van der Waals surface area contributed by atoms with Crippen molar-refractivity contribution < 1.29 is 4.74 Å². The molecule has 2 aromatic rings. The van der Waals surface area contributed by atoms with E-state index in [1.54, 1.807) is 7.11 Å². The first-order valence-corrected chi connectivity index (χ1v) is 8.87. The van der Waals surface area contributed by atoms with Gasteiger partial charge < -0.3 is 19.9 Å². The van der Waals surface area contributed by atoms with Crippen LogP contribution in [-0.4, -0.2) is 49.8 Å². The lowest BCUT2D eigenvalue weighted by molar-refractivity contribution is 0.413. The number of nitrogens with one attached hydrogen (secondary N) is 1. The molecule has 1 aliphatic rings. The Morgan fingerprint density at radius 3 is 2.52 bits per heavy atom. The topological polar surface area (TPSA) is 53.5 Å². The van der Waals surface area contributed by atoms with Gasteiger partial charge >= 0.3 is 0 Å². The number of methoxy groups -OCH3 is 1. The Morgan fingerprint density at radius 2 is 1.80 bits per heavy atom. The van der Waals surface area contributed by atoms with Crippen molar-refractivity contribution >= 4 is 17.5 Å². The molecule has 134 valence electrons. The molecule has 0 unspecified atom stereocenters. The van der Waals surface area contributed by atoms with E-state index in [0.717, 1.165) is 55.9 Å². The zero-order valence-electron chi connectivity index (χ0n) is 15.3. The molecule has 2 heterocycles. The number of aromatic nitrogens is 2. The highest BCUT2D eigenvalue weighted by Crippen LogP contribution is 2.28. The van der Waals surface area contributed by atoms with E-state index in [4.69, 9.17) is 4.74 Å². The summed E-state index contributed by atoms with van der Waals surface area (Å²) in [7, 11) is 1.72. The maximum Gasteiger partial charge on any atom is 0.227 e. The molecule has 0 amide bonds. The number of hydrogen-bond donors (Lipinski definition) is 1. The first-order chi connectivity index (χ1) is 12.2. The van der Waals surface area contributed by atoms with Crippen molar-refractivity contribution in [3.05, 3.63) is 36.5 Å². The van der Waals surface area contributed by atoms with Crippen LogP contribution in [0.25, 0.3) is 0 Å². The van der Waals surface area contributed by atoms with Gasteiger partial charge in [-0.3, -0.25) is 0 Å². The largest absolute Gasteiger partial charge is 0.495 e. The van der Waals surface area contributed by atoms with Gasteiger partial charge in [-0.15, -0.1) is 0 Å². The van der Waals surface area contributed by atoms with Crippen LogP contribution >= 0.6 is 0 Å². The van der Waals surface area contributed by atoms with Gasteiger partial charge in [0.25, 0.3) is 0 Å². The predicted molar refractivity (Wildman–Crippen MR) is 103 cm³/mol. The highest BCUT2D eigenvalue weighted by Gasteiger charge is 2.21. The van der Waals surface area contributed by atoms with Gasteiger partial charge in [-0.05, 0) is 24.1 Å². The second kappa shape index (κ2) is 8.05. The van der Waals surface area contributed by atoms with E-state index in [1.807, 2.05) is 24.4 Å². The van der Waals surface area contributed by atoms with E-state index in [2.05, 4.69) is 51.1 Å². The molecule has 1 aromatic heterocycles. The monoisotopic (exact) mass is 341 g/mol. The molecular weight excluding hydrogens is 314 g/mol. The van der Waals surface area contributed by atoms with Gasteiger partial charge in [0.2, 0.25) is 5.95 Å². The smallest absolute Gasteiger partial charge is 0.227 e. The van der Waals surface area contributed by atoms with E-state index < -0.39 is 0 Å². The van der Waals surface area contributed by atoms with Crippen molar-refractivity contribution in [1.82, 2.24) is 9.97 Å². The maximum absolute atomic E-state index is 5.48. The summed E-state index contributed by atoms with van der Waals surface area (Å²) in [5.74, 6) is 3.20. The summed E-state index contributed by atoms with van der Waals surface area (Å²) in [5, 5.41) is 3.37. The molecule has 1 N–H and O–H groups in total. The van der Waals surface area contributed by atoms with Crippen LogP contribution in [-0.2, 0) is 0 Å². The van der Waals surface area contributed by atoms with Crippen LogP contribution in [0, 0.1) is 5.92 Å².